The Bertz CT molecular complexity index is 351. The molecule has 0 aliphatic rings. The lowest BCUT2D eigenvalue weighted by atomic mass is 10.2. The average Bonchev–Trinajstić information content (AvgIpc) is 2.33. The van der Waals surface area contributed by atoms with Crippen LogP contribution in [0.1, 0.15) is 45.0 Å². The third kappa shape index (κ3) is 7.96. The first-order chi connectivity index (χ1) is 8.09. The van der Waals surface area contributed by atoms with Crippen molar-refractivity contribution in [2.75, 3.05) is 5.32 Å². The number of hydrogen-bond donors (Lipinski definition) is 2. The highest BCUT2D eigenvalue weighted by Crippen LogP contribution is 2.05. The summed E-state index contributed by atoms with van der Waals surface area (Å²) >= 11 is 0. The summed E-state index contributed by atoms with van der Waals surface area (Å²) in [6.45, 7) is 9.36. The van der Waals surface area contributed by atoms with Crippen LogP contribution in [0.5, 0.6) is 0 Å². The summed E-state index contributed by atoms with van der Waals surface area (Å²) in [6.07, 6.45) is 1.41. The summed E-state index contributed by atoms with van der Waals surface area (Å²) < 4.78 is 0. The third-order valence-electron chi connectivity index (χ3n) is 1.35. The highest BCUT2D eigenvalue weighted by Gasteiger charge is 2.02. The molecular formula is C12H21N3O2. The van der Waals surface area contributed by atoms with Crippen LogP contribution in [0, 0.1) is 0 Å². The number of anilines is 1. The molecule has 1 aromatic rings. The number of pyridine rings is 1. The summed E-state index contributed by atoms with van der Waals surface area (Å²) in [7, 11) is 0. The van der Waals surface area contributed by atoms with Gasteiger partial charge in [0.2, 0.25) is 11.8 Å². The van der Waals surface area contributed by atoms with E-state index in [4.69, 9.17) is 5.73 Å². The van der Waals surface area contributed by atoms with Crippen molar-refractivity contribution in [2.24, 2.45) is 5.73 Å². The molecule has 0 fully saturated rings. The number of nitrogens with two attached hydrogens (primary N) is 1. The van der Waals surface area contributed by atoms with Crippen LogP contribution < -0.4 is 11.1 Å². The molecule has 0 saturated carbocycles. The quantitative estimate of drug-likeness (QED) is 0.829. The van der Waals surface area contributed by atoms with E-state index in [0.717, 1.165) is 0 Å². The molecular weight excluding hydrogens is 218 g/mol. The summed E-state index contributed by atoms with van der Waals surface area (Å²) in [4.78, 5) is 25.2. The summed E-state index contributed by atoms with van der Waals surface area (Å²) in [5.74, 6) is -0.466. The van der Waals surface area contributed by atoms with Gasteiger partial charge in [-0.25, -0.2) is 4.98 Å². The Balaban J connectivity index is 0. The van der Waals surface area contributed by atoms with E-state index in [1.165, 1.54) is 25.3 Å². The Morgan fingerprint density at radius 3 is 2.18 bits per heavy atom. The molecule has 0 atom stereocenters. The monoisotopic (exact) mass is 239 g/mol. The number of amides is 2. The molecule has 5 nitrogen and oxygen atoms in total. The predicted octanol–water partition coefficient (Wildman–Crippen LogP) is 2.19. The van der Waals surface area contributed by atoms with Crippen LogP contribution in [0.15, 0.2) is 18.3 Å². The fourth-order valence-electron chi connectivity index (χ4n) is 0.833. The van der Waals surface area contributed by atoms with Crippen LogP contribution in [-0.2, 0) is 4.79 Å². The van der Waals surface area contributed by atoms with Crippen molar-refractivity contribution in [3.05, 3.63) is 23.9 Å². The van der Waals surface area contributed by atoms with E-state index in [0.29, 0.717) is 11.4 Å². The van der Waals surface area contributed by atoms with Gasteiger partial charge >= 0.3 is 0 Å². The van der Waals surface area contributed by atoms with Gasteiger partial charge in [-0.2, -0.15) is 0 Å². The van der Waals surface area contributed by atoms with Gasteiger partial charge in [0, 0.05) is 18.7 Å². The van der Waals surface area contributed by atoms with Crippen LogP contribution in [0.25, 0.3) is 0 Å². The minimum Gasteiger partial charge on any atom is -0.366 e. The molecule has 1 rings (SSSR count). The van der Waals surface area contributed by atoms with Crippen molar-refractivity contribution >= 4 is 17.6 Å². The van der Waals surface area contributed by atoms with E-state index in [1.807, 2.05) is 27.7 Å². The van der Waals surface area contributed by atoms with Gasteiger partial charge in [0.1, 0.15) is 5.82 Å². The van der Waals surface area contributed by atoms with Gasteiger partial charge in [-0.1, -0.05) is 27.7 Å². The van der Waals surface area contributed by atoms with Crippen molar-refractivity contribution in [3.8, 4) is 0 Å². The lowest BCUT2D eigenvalue weighted by Gasteiger charge is -2.01. The molecule has 0 radical (unpaired) electrons. The van der Waals surface area contributed by atoms with Crippen molar-refractivity contribution < 1.29 is 9.59 Å². The topological polar surface area (TPSA) is 85.1 Å². The second-order valence-corrected chi connectivity index (χ2v) is 2.48. The van der Waals surface area contributed by atoms with Crippen LogP contribution in [-0.4, -0.2) is 16.8 Å². The average molecular weight is 239 g/mol. The molecule has 0 bridgehead atoms. The molecule has 0 aliphatic carbocycles. The van der Waals surface area contributed by atoms with E-state index in [-0.39, 0.29) is 5.91 Å². The molecule has 0 unspecified atom stereocenters. The number of hydrogen-bond acceptors (Lipinski definition) is 3. The van der Waals surface area contributed by atoms with Crippen LogP contribution in [0.4, 0.5) is 5.82 Å². The minimum absolute atomic E-state index is 0.242. The van der Waals surface area contributed by atoms with Crippen molar-refractivity contribution in [3.63, 3.8) is 0 Å². The molecule has 1 heterocycles. The van der Waals surface area contributed by atoms with Crippen molar-refractivity contribution in [1.29, 1.82) is 0 Å². The van der Waals surface area contributed by atoms with Crippen molar-refractivity contribution in [1.82, 2.24) is 4.98 Å². The maximum absolute atomic E-state index is 10.7. The van der Waals surface area contributed by atoms with E-state index in [9.17, 15) is 9.59 Å². The van der Waals surface area contributed by atoms with Crippen LogP contribution in [0.3, 0.4) is 0 Å². The van der Waals surface area contributed by atoms with E-state index in [1.54, 1.807) is 0 Å². The molecule has 2 amide bonds. The van der Waals surface area contributed by atoms with Crippen LogP contribution in [0.2, 0.25) is 0 Å². The van der Waals surface area contributed by atoms with Gasteiger partial charge in [0.05, 0.1) is 0 Å². The van der Waals surface area contributed by atoms with Gasteiger partial charge in [-0.05, 0) is 12.1 Å². The molecule has 0 aromatic carbocycles. The highest BCUT2D eigenvalue weighted by molar-refractivity contribution is 5.94. The van der Waals surface area contributed by atoms with E-state index >= 15 is 0 Å². The van der Waals surface area contributed by atoms with Crippen LogP contribution >= 0.6 is 0 Å². The van der Waals surface area contributed by atoms with Gasteiger partial charge in [-0.3, -0.25) is 9.59 Å². The zero-order valence-electron chi connectivity index (χ0n) is 11.1. The number of aromatic nitrogens is 1. The Labute approximate surface area is 102 Å². The molecule has 3 N–H and O–H groups in total. The first-order valence-corrected chi connectivity index (χ1v) is 5.63. The number of primary amides is 1. The molecule has 96 valence electrons. The van der Waals surface area contributed by atoms with Crippen molar-refractivity contribution in [2.45, 2.75) is 34.6 Å². The number of carbonyl (C=O) groups excluding carboxylic acids is 2. The molecule has 1 aromatic heterocycles. The zero-order valence-corrected chi connectivity index (χ0v) is 11.1. The predicted molar refractivity (Wildman–Crippen MR) is 69.8 cm³/mol. The van der Waals surface area contributed by atoms with Gasteiger partial charge in [-0.15, -0.1) is 0 Å². The van der Waals surface area contributed by atoms with Gasteiger partial charge < -0.3 is 11.1 Å². The maximum Gasteiger partial charge on any atom is 0.248 e. The summed E-state index contributed by atoms with van der Waals surface area (Å²) in [5.41, 5.74) is 5.35. The molecule has 0 aliphatic heterocycles. The normalized spacial score (nSPS) is 7.82. The summed E-state index contributed by atoms with van der Waals surface area (Å²) in [5, 5.41) is 2.44. The number of nitrogens with one attached hydrogen (secondary N) is 1. The smallest absolute Gasteiger partial charge is 0.248 e. The standard InChI is InChI=1S/C8H9N3O2.2C2H6/c1-5(12)11-7-4-6(8(9)13)2-3-10-7;2*1-2/h2-4H,1H3,(H2,9,13)(H,10,11,12);2*1-2H3. The van der Waals surface area contributed by atoms with Gasteiger partial charge in [0.25, 0.3) is 0 Å². The Morgan fingerprint density at radius 2 is 1.76 bits per heavy atom. The second kappa shape index (κ2) is 10.6. The number of carbonyl (C=O) groups is 2. The molecule has 0 spiro atoms. The number of nitrogens with zero attached hydrogens (tertiary/aromatic N) is 1. The maximum atomic E-state index is 10.7. The fourth-order valence-corrected chi connectivity index (χ4v) is 0.833. The lowest BCUT2D eigenvalue weighted by molar-refractivity contribution is -0.114. The zero-order chi connectivity index (χ0) is 13.8. The fraction of sp³-hybridized carbons (Fsp3) is 0.417. The molecule has 5 heteroatoms. The lowest BCUT2D eigenvalue weighted by Crippen LogP contribution is -2.13. The summed E-state index contributed by atoms with van der Waals surface area (Å²) in [6, 6.07) is 2.90. The first-order valence-electron chi connectivity index (χ1n) is 5.63. The Kier molecular flexibility index (Phi) is 10.9. The van der Waals surface area contributed by atoms with E-state index < -0.39 is 5.91 Å². The molecule has 17 heavy (non-hydrogen) atoms. The first kappa shape index (κ1) is 17.5. The largest absolute Gasteiger partial charge is 0.366 e. The third-order valence-corrected chi connectivity index (χ3v) is 1.35. The van der Waals surface area contributed by atoms with E-state index in [2.05, 4.69) is 10.3 Å². The SMILES string of the molecule is CC.CC.CC(=O)Nc1cc(C(N)=O)ccn1. The molecule has 0 saturated heterocycles. The minimum atomic E-state index is -0.547. The number of rotatable bonds is 2. The van der Waals surface area contributed by atoms with Gasteiger partial charge in [0.15, 0.2) is 0 Å². The Hall–Kier alpha value is -1.91. The highest BCUT2D eigenvalue weighted by atomic mass is 16.1. The second-order valence-electron chi connectivity index (χ2n) is 2.48. The Morgan fingerprint density at radius 1 is 1.24 bits per heavy atom.